The van der Waals surface area contributed by atoms with Gasteiger partial charge in [0.2, 0.25) is 0 Å². The van der Waals surface area contributed by atoms with Gasteiger partial charge in [0.1, 0.15) is 12.4 Å². The molecule has 0 amide bonds. The Morgan fingerprint density at radius 2 is 2.23 bits per heavy atom. The van der Waals surface area contributed by atoms with Crippen molar-refractivity contribution in [3.05, 3.63) is 27.2 Å². The summed E-state index contributed by atoms with van der Waals surface area (Å²) in [5.41, 5.74) is 5.73. The Hall–Kier alpha value is -0.320. The number of phenols is 1. The van der Waals surface area contributed by atoms with Gasteiger partial charge >= 0.3 is 0 Å². The summed E-state index contributed by atoms with van der Waals surface area (Å²) in [6, 6.07) is 2.23. The zero-order chi connectivity index (χ0) is 10.0. The van der Waals surface area contributed by atoms with E-state index in [1.165, 1.54) is 6.07 Å². The minimum Gasteiger partial charge on any atom is -0.506 e. The maximum Gasteiger partial charge on any atom is 0.139 e. The van der Waals surface area contributed by atoms with Gasteiger partial charge in [-0.1, -0.05) is 27.5 Å². The van der Waals surface area contributed by atoms with E-state index in [2.05, 4.69) is 15.9 Å². The van der Waals surface area contributed by atoms with Gasteiger partial charge in [0.05, 0.1) is 11.1 Å². The van der Waals surface area contributed by atoms with Gasteiger partial charge in [0.25, 0.3) is 0 Å². The molecule has 0 bridgehead atoms. The highest BCUT2D eigenvalue weighted by molar-refractivity contribution is 9.10. The number of hydrogen-bond donors (Lipinski definition) is 2. The van der Waals surface area contributed by atoms with Crippen LogP contribution in [0.1, 0.15) is 11.6 Å². The fraction of sp³-hybridized carbons (Fsp3) is 0.250. The Labute approximate surface area is 88.6 Å². The molecule has 1 aromatic rings. The van der Waals surface area contributed by atoms with Crippen LogP contribution in [0.5, 0.6) is 5.75 Å². The zero-order valence-electron chi connectivity index (χ0n) is 6.60. The van der Waals surface area contributed by atoms with E-state index < -0.39 is 12.7 Å². The molecule has 1 rings (SSSR count). The molecule has 0 fully saturated rings. The second kappa shape index (κ2) is 4.26. The van der Waals surface area contributed by atoms with Crippen LogP contribution >= 0.6 is 27.5 Å². The van der Waals surface area contributed by atoms with Crippen molar-refractivity contribution in [1.29, 1.82) is 0 Å². The summed E-state index contributed by atoms with van der Waals surface area (Å²) in [7, 11) is 0. The van der Waals surface area contributed by atoms with Crippen LogP contribution in [0.3, 0.4) is 0 Å². The molecule has 0 spiro atoms. The van der Waals surface area contributed by atoms with E-state index in [-0.39, 0.29) is 10.8 Å². The van der Waals surface area contributed by atoms with Crippen LogP contribution in [0, 0.1) is 0 Å². The fourth-order valence-electron chi connectivity index (χ4n) is 0.952. The molecule has 72 valence electrons. The first kappa shape index (κ1) is 10.8. The van der Waals surface area contributed by atoms with Crippen molar-refractivity contribution >= 4 is 27.5 Å². The van der Waals surface area contributed by atoms with Gasteiger partial charge in [-0.25, -0.2) is 4.39 Å². The van der Waals surface area contributed by atoms with Crippen molar-refractivity contribution in [1.82, 2.24) is 0 Å². The molecule has 13 heavy (non-hydrogen) atoms. The van der Waals surface area contributed by atoms with Gasteiger partial charge in [-0.15, -0.1) is 0 Å². The Morgan fingerprint density at radius 1 is 1.62 bits per heavy atom. The predicted octanol–water partition coefficient (Wildman–Crippen LogP) is 2.78. The van der Waals surface area contributed by atoms with E-state index in [0.717, 1.165) is 0 Å². The van der Waals surface area contributed by atoms with Crippen molar-refractivity contribution in [3.63, 3.8) is 0 Å². The van der Waals surface area contributed by atoms with E-state index in [4.69, 9.17) is 17.3 Å². The van der Waals surface area contributed by atoms with E-state index in [1.54, 1.807) is 6.07 Å². The average molecular weight is 269 g/mol. The van der Waals surface area contributed by atoms with Crippen LogP contribution in [0.2, 0.25) is 5.02 Å². The quantitative estimate of drug-likeness (QED) is 0.866. The smallest absolute Gasteiger partial charge is 0.139 e. The SMILES string of the molecule is N[C@H](CF)c1cc(Br)cc(Cl)c1O. The second-order valence-corrected chi connectivity index (χ2v) is 3.91. The standard InChI is InChI=1S/C8H8BrClFNO/c9-4-1-5(7(12)3-11)8(13)6(10)2-4/h1-2,7,13H,3,12H2/t7-/m1/s1. The Balaban J connectivity index is 3.20. The number of halogens is 3. The second-order valence-electron chi connectivity index (χ2n) is 2.59. The van der Waals surface area contributed by atoms with Crippen molar-refractivity contribution in [2.75, 3.05) is 6.67 Å². The number of rotatable bonds is 2. The summed E-state index contributed by atoms with van der Waals surface area (Å²) >= 11 is 8.83. The molecule has 3 N–H and O–H groups in total. The molecule has 1 atom stereocenters. The minimum absolute atomic E-state index is 0.157. The lowest BCUT2D eigenvalue weighted by Gasteiger charge is -2.11. The number of hydrogen-bond acceptors (Lipinski definition) is 2. The zero-order valence-corrected chi connectivity index (χ0v) is 8.94. The summed E-state index contributed by atoms with van der Waals surface area (Å²) < 4.78 is 12.9. The van der Waals surface area contributed by atoms with Crippen LogP contribution < -0.4 is 5.73 Å². The van der Waals surface area contributed by atoms with Crippen LogP contribution in [-0.4, -0.2) is 11.8 Å². The van der Waals surface area contributed by atoms with E-state index in [0.29, 0.717) is 10.0 Å². The first-order valence-electron chi connectivity index (χ1n) is 3.55. The van der Waals surface area contributed by atoms with Crippen molar-refractivity contribution < 1.29 is 9.50 Å². The highest BCUT2D eigenvalue weighted by Gasteiger charge is 2.14. The molecular weight excluding hydrogens is 260 g/mol. The molecule has 2 nitrogen and oxygen atoms in total. The first-order valence-corrected chi connectivity index (χ1v) is 4.72. The van der Waals surface area contributed by atoms with Crippen LogP contribution in [0.25, 0.3) is 0 Å². The van der Waals surface area contributed by atoms with Gasteiger partial charge < -0.3 is 10.8 Å². The molecule has 0 aromatic heterocycles. The predicted molar refractivity (Wildman–Crippen MR) is 53.7 cm³/mol. The van der Waals surface area contributed by atoms with Gasteiger partial charge in [-0.2, -0.15) is 0 Å². The summed E-state index contributed by atoms with van der Waals surface area (Å²) in [6.07, 6.45) is 0. The highest BCUT2D eigenvalue weighted by Crippen LogP contribution is 2.34. The fourth-order valence-corrected chi connectivity index (χ4v) is 1.79. The third-order valence-electron chi connectivity index (χ3n) is 1.62. The average Bonchev–Trinajstić information content (AvgIpc) is 2.10. The van der Waals surface area contributed by atoms with Gasteiger partial charge in [0, 0.05) is 10.0 Å². The molecule has 5 heteroatoms. The van der Waals surface area contributed by atoms with Crippen LogP contribution in [-0.2, 0) is 0 Å². The molecule has 0 aliphatic heterocycles. The largest absolute Gasteiger partial charge is 0.506 e. The molecule has 0 aliphatic rings. The van der Waals surface area contributed by atoms with E-state index >= 15 is 0 Å². The molecule has 1 aromatic carbocycles. The summed E-state index contributed by atoms with van der Waals surface area (Å²) in [5.74, 6) is -0.157. The third-order valence-corrected chi connectivity index (χ3v) is 2.37. The lowest BCUT2D eigenvalue weighted by atomic mass is 10.1. The number of nitrogens with two attached hydrogens (primary N) is 1. The molecular formula is C8H8BrClFNO. The normalized spacial score (nSPS) is 12.9. The Bertz CT molecular complexity index is 321. The highest BCUT2D eigenvalue weighted by atomic mass is 79.9. The maximum absolute atomic E-state index is 12.2. The van der Waals surface area contributed by atoms with E-state index in [9.17, 15) is 9.50 Å². The van der Waals surface area contributed by atoms with Crippen molar-refractivity contribution in [2.45, 2.75) is 6.04 Å². The number of alkyl halides is 1. The van der Waals surface area contributed by atoms with E-state index in [1.807, 2.05) is 0 Å². The lowest BCUT2D eigenvalue weighted by molar-refractivity contribution is 0.414. The van der Waals surface area contributed by atoms with Crippen LogP contribution in [0.4, 0.5) is 4.39 Å². The van der Waals surface area contributed by atoms with Crippen LogP contribution in [0.15, 0.2) is 16.6 Å². The van der Waals surface area contributed by atoms with Gasteiger partial charge in [-0.05, 0) is 12.1 Å². The number of aromatic hydroxyl groups is 1. The summed E-state index contributed by atoms with van der Waals surface area (Å²) in [5, 5.41) is 9.58. The Kier molecular flexibility index (Phi) is 3.53. The van der Waals surface area contributed by atoms with Gasteiger partial charge in [-0.3, -0.25) is 0 Å². The first-order chi connectivity index (χ1) is 6.06. The summed E-state index contributed by atoms with van der Waals surface area (Å²) in [4.78, 5) is 0. The minimum atomic E-state index is -0.838. The lowest BCUT2D eigenvalue weighted by Crippen LogP contribution is -2.12. The molecule has 0 aliphatic carbocycles. The molecule has 0 saturated carbocycles. The molecule has 0 heterocycles. The Morgan fingerprint density at radius 3 is 2.77 bits per heavy atom. The third kappa shape index (κ3) is 2.33. The topological polar surface area (TPSA) is 46.2 Å². The monoisotopic (exact) mass is 267 g/mol. The maximum atomic E-state index is 12.2. The van der Waals surface area contributed by atoms with Gasteiger partial charge in [0.15, 0.2) is 0 Å². The molecule has 0 saturated heterocycles. The van der Waals surface area contributed by atoms with Crippen molar-refractivity contribution in [3.8, 4) is 5.75 Å². The summed E-state index contributed by atoms with van der Waals surface area (Å²) in [6.45, 7) is -0.736. The number of phenolic OH excluding ortho intramolecular Hbond substituents is 1. The number of benzene rings is 1. The molecule has 0 unspecified atom stereocenters. The molecule has 0 radical (unpaired) electrons. The van der Waals surface area contributed by atoms with Crippen molar-refractivity contribution in [2.24, 2.45) is 5.73 Å².